The molecule has 112 valence electrons. The highest BCUT2D eigenvalue weighted by Gasteiger charge is 2.25. The summed E-state index contributed by atoms with van der Waals surface area (Å²) in [6, 6.07) is 0.112. The zero-order chi connectivity index (χ0) is 14.4. The molecule has 19 heavy (non-hydrogen) atoms. The van der Waals surface area contributed by atoms with E-state index in [0.29, 0.717) is 6.04 Å². The van der Waals surface area contributed by atoms with Gasteiger partial charge in [0.15, 0.2) is 0 Å². The standard InChI is InChI=1S/C15H30N2O2/c1-11(2)16-14(15(18)19-5)6-7-17-9-12(3)8-13(4)10-17/h11-14,16H,6-10H2,1-5H3. The SMILES string of the molecule is COC(=O)C(CCN1CC(C)CC(C)C1)NC(C)C. The van der Waals surface area contributed by atoms with Gasteiger partial charge in [0.1, 0.15) is 6.04 Å². The van der Waals surface area contributed by atoms with Gasteiger partial charge in [-0.3, -0.25) is 4.79 Å². The Morgan fingerprint density at radius 1 is 1.32 bits per heavy atom. The van der Waals surface area contributed by atoms with Gasteiger partial charge in [-0.25, -0.2) is 0 Å². The number of likely N-dealkylation sites (tertiary alicyclic amines) is 1. The molecule has 1 aliphatic rings. The molecular weight excluding hydrogens is 240 g/mol. The Morgan fingerprint density at radius 3 is 2.37 bits per heavy atom. The number of nitrogens with zero attached hydrogens (tertiary/aromatic N) is 1. The molecule has 1 saturated heterocycles. The van der Waals surface area contributed by atoms with Crippen molar-refractivity contribution in [1.29, 1.82) is 0 Å². The van der Waals surface area contributed by atoms with Crippen LogP contribution in [0.5, 0.6) is 0 Å². The van der Waals surface area contributed by atoms with E-state index < -0.39 is 0 Å². The maximum Gasteiger partial charge on any atom is 0.322 e. The van der Waals surface area contributed by atoms with Crippen molar-refractivity contribution in [3.63, 3.8) is 0 Å². The van der Waals surface area contributed by atoms with E-state index >= 15 is 0 Å². The highest BCUT2D eigenvalue weighted by atomic mass is 16.5. The molecule has 0 aromatic heterocycles. The molecule has 1 heterocycles. The number of esters is 1. The van der Waals surface area contributed by atoms with Crippen LogP contribution in [0.15, 0.2) is 0 Å². The second kappa shape index (κ2) is 7.85. The van der Waals surface area contributed by atoms with Crippen molar-refractivity contribution < 1.29 is 9.53 Å². The van der Waals surface area contributed by atoms with Gasteiger partial charge in [-0.15, -0.1) is 0 Å². The van der Waals surface area contributed by atoms with E-state index in [9.17, 15) is 4.79 Å². The van der Waals surface area contributed by atoms with Gasteiger partial charge in [-0.1, -0.05) is 27.7 Å². The first-order valence-corrected chi connectivity index (χ1v) is 7.48. The molecule has 0 aromatic rings. The lowest BCUT2D eigenvalue weighted by atomic mass is 9.91. The van der Waals surface area contributed by atoms with Crippen molar-refractivity contribution in [2.45, 2.75) is 52.6 Å². The molecule has 1 N–H and O–H groups in total. The van der Waals surface area contributed by atoms with Crippen molar-refractivity contribution in [1.82, 2.24) is 10.2 Å². The molecule has 3 unspecified atom stereocenters. The fourth-order valence-corrected chi connectivity index (χ4v) is 3.10. The molecule has 0 amide bonds. The third-order valence-corrected chi connectivity index (χ3v) is 3.70. The smallest absolute Gasteiger partial charge is 0.322 e. The number of rotatable bonds is 6. The van der Waals surface area contributed by atoms with E-state index in [1.807, 2.05) is 0 Å². The van der Waals surface area contributed by atoms with Crippen LogP contribution in [-0.2, 0) is 9.53 Å². The first kappa shape index (κ1) is 16.4. The van der Waals surface area contributed by atoms with Gasteiger partial charge in [-0.2, -0.15) is 0 Å². The van der Waals surface area contributed by atoms with Gasteiger partial charge in [0.25, 0.3) is 0 Å². The van der Waals surface area contributed by atoms with Crippen LogP contribution < -0.4 is 5.32 Å². The predicted octanol–water partition coefficient (Wildman–Crippen LogP) is 1.89. The third-order valence-electron chi connectivity index (χ3n) is 3.70. The van der Waals surface area contributed by atoms with Gasteiger partial charge in [0.05, 0.1) is 7.11 Å². The minimum Gasteiger partial charge on any atom is -0.468 e. The molecule has 1 rings (SSSR count). The zero-order valence-corrected chi connectivity index (χ0v) is 13.1. The van der Waals surface area contributed by atoms with E-state index in [1.165, 1.54) is 13.5 Å². The zero-order valence-electron chi connectivity index (χ0n) is 13.1. The monoisotopic (exact) mass is 270 g/mol. The number of carbonyl (C=O) groups is 1. The first-order chi connectivity index (χ1) is 8.92. The van der Waals surface area contributed by atoms with E-state index in [4.69, 9.17) is 4.74 Å². The Hall–Kier alpha value is -0.610. The summed E-state index contributed by atoms with van der Waals surface area (Å²) in [4.78, 5) is 14.2. The lowest BCUT2D eigenvalue weighted by Crippen LogP contribution is -2.46. The Morgan fingerprint density at radius 2 is 1.89 bits per heavy atom. The number of hydrogen-bond acceptors (Lipinski definition) is 4. The molecular formula is C15H30N2O2. The first-order valence-electron chi connectivity index (χ1n) is 7.48. The molecule has 1 fully saturated rings. The van der Waals surface area contributed by atoms with Crippen molar-refractivity contribution >= 4 is 5.97 Å². The minimum absolute atomic E-state index is 0.146. The Labute approximate surface area is 117 Å². The number of carbonyl (C=O) groups excluding carboxylic acids is 1. The maximum atomic E-state index is 11.7. The molecule has 0 bridgehead atoms. The van der Waals surface area contributed by atoms with Gasteiger partial charge in [0.2, 0.25) is 0 Å². The van der Waals surface area contributed by atoms with Crippen LogP contribution in [0.3, 0.4) is 0 Å². The summed E-state index contributed by atoms with van der Waals surface area (Å²) in [5, 5.41) is 3.29. The van der Waals surface area contributed by atoms with Gasteiger partial charge < -0.3 is 15.0 Å². The van der Waals surface area contributed by atoms with Crippen molar-refractivity contribution in [2.75, 3.05) is 26.7 Å². The van der Waals surface area contributed by atoms with Crippen LogP contribution in [-0.4, -0.2) is 49.7 Å². The molecule has 0 spiro atoms. The van der Waals surface area contributed by atoms with Crippen molar-refractivity contribution in [2.24, 2.45) is 11.8 Å². The number of piperidine rings is 1. The highest BCUT2D eigenvalue weighted by molar-refractivity contribution is 5.75. The number of nitrogens with one attached hydrogen (secondary N) is 1. The van der Waals surface area contributed by atoms with Crippen LogP contribution in [0, 0.1) is 11.8 Å². The second-order valence-electron chi connectivity index (χ2n) is 6.39. The summed E-state index contributed by atoms with van der Waals surface area (Å²) in [7, 11) is 1.46. The van der Waals surface area contributed by atoms with Gasteiger partial charge >= 0.3 is 5.97 Å². The van der Waals surface area contributed by atoms with E-state index in [-0.39, 0.29) is 12.0 Å². The van der Waals surface area contributed by atoms with Crippen LogP contribution in [0.2, 0.25) is 0 Å². The van der Waals surface area contributed by atoms with Gasteiger partial charge in [0, 0.05) is 25.7 Å². The van der Waals surface area contributed by atoms with Crippen molar-refractivity contribution in [3.05, 3.63) is 0 Å². The average Bonchev–Trinajstić information content (AvgIpc) is 2.31. The Kier molecular flexibility index (Phi) is 6.80. The summed E-state index contributed by atoms with van der Waals surface area (Å²) in [5.74, 6) is 1.38. The molecule has 0 aromatic carbocycles. The lowest BCUT2D eigenvalue weighted by molar-refractivity contribution is -0.143. The molecule has 0 radical (unpaired) electrons. The average molecular weight is 270 g/mol. The Balaban J connectivity index is 2.44. The fraction of sp³-hybridized carbons (Fsp3) is 0.933. The lowest BCUT2D eigenvalue weighted by Gasteiger charge is -2.35. The van der Waals surface area contributed by atoms with Crippen LogP contribution in [0.4, 0.5) is 0 Å². The number of hydrogen-bond donors (Lipinski definition) is 1. The number of methoxy groups -OCH3 is 1. The third kappa shape index (κ3) is 5.91. The maximum absolute atomic E-state index is 11.7. The fourth-order valence-electron chi connectivity index (χ4n) is 3.10. The molecule has 4 heteroatoms. The summed E-state index contributed by atoms with van der Waals surface area (Å²) < 4.78 is 4.88. The summed E-state index contributed by atoms with van der Waals surface area (Å²) in [6.45, 7) is 12.0. The summed E-state index contributed by atoms with van der Waals surface area (Å²) in [5.41, 5.74) is 0. The van der Waals surface area contributed by atoms with Crippen LogP contribution in [0.25, 0.3) is 0 Å². The van der Waals surface area contributed by atoms with Crippen molar-refractivity contribution in [3.8, 4) is 0 Å². The largest absolute Gasteiger partial charge is 0.468 e. The Bertz CT molecular complexity index is 271. The van der Waals surface area contributed by atoms with E-state index in [2.05, 4.69) is 37.9 Å². The quantitative estimate of drug-likeness (QED) is 0.749. The number of ether oxygens (including phenoxy) is 1. The molecule has 0 saturated carbocycles. The predicted molar refractivity (Wildman–Crippen MR) is 78.1 cm³/mol. The molecule has 4 nitrogen and oxygen atoms in total. The second-order valence-corrected chi connectivity index (χ2v) is 6.39. The normalized spacial score (nSPS) is 26.4. The van der Waals surface area contributed by atoms with Crippen LogP contribution in [0.1, 0.15) is 40.5 Å². The summed E-state index contributed by atoms with van der Waals surface area (Å²) >= 11 is 0. The minimum atomic E-state index is -0.183. The van der Waals surface area contributed by atoms with Crippen LogP contribution >= 0.6 is 0 Å². The highest BCUT2D eigenvalue weighted by Crippen LogP contribution is 2.21. The molecule has 0 aliphatic carbocycles. The van der Waals surface area contributed by atoms with Gasteiger partial charge in [-0.05, 0) is 24.7 Å². The van der Waals surface area contributed by atoms with E-state index in [0.717, 1.165) is 37.9 Å². The molecule has 3 atom stereocenters. The summed E-state index contributed by atoms with van der Waals surface area (Å²) in [6.07, 6.45) is 2.14. The topological polar surface area (TPSA) is 41.6 Å². The van der Waals surface area contributed by atoms with E-state index in [1.54, 1.807) is 0 Å². The molecule has 1 aliphatic heterocycles.